The van der Waals surface area contributed by atoms with Crippen LogP contribution in [0.5, 0.6) is 0 Å². The van der Waals surface area contributed by atoms with Gasteiger partial charge in [-0.15, -0.1) is 0 Å². The van der Waals surface area contributed by atoms with E-state index in [9.17, 15) is 19.7 Å². The SMILES string of the molecule is COC(=O)c1cc(C#CCCSC(C)=O)cc([N+](=O)[O-])c1. The molecule has 1 aromatic rings. The molecule has 0 atom stereocenters. The van der Waals surface area contributed by atoms with E-state index in [1.807, 2.05) is 0 Å². The fraction of sp³-hybridized carbons (Fsp3) is 0.286. The summed E-state index contributed by atoms with van der Waals surface area (Å²) in [5, 5.41) is 10.8. The summed E-state index contributed by atoms with van der Waals surface area (Å²) in [4.78, 5) is 32.4. The predicted octanol–water partition coefficient (Wildman–Crippen LogP) is 2.40. The molecular formula is C14H13NO5S. The Morgan fingerprint density at radius 2 is 2.10 bits per heavy atom. The lowest BCUT2D eigenvalue weighted by Crippen LogP contribution is -2.03. The lowest BCUT2D eigenvalue weighted by molar-refractivity contribution is -0.384. The van der Waals surface area contributed by atoms with Crippen molar-refractivity contribution in [1.29, 1.82) is 0 Å². The number of thioether (sulfide) groups is 1. The maximum absolute atomic E-state index is 11.5. The number of methoxy groups -OCH3 is 1. The third-order valence-electron chi connectivity index (χ3n) is 2.31. The second-order valence-corrected chi connectivity index (χ2v) is 5.18. The second-order valence-electron chi connectivity index (χ2n) is 3.91. The van der Waals surface area contributed by atoms with Crippen molar-refractivity contribution in [3.63, 3.8) is 0 Å². The summed E-state index contributed by atoms with van der Waals surface area (Å²) in [7, 11) is 1.20. The standard InChI is InChI=1S/C14H13NO5S/c1-10(16)21-6-4-3-5-11-7-12(14(17)20-2)9-13(8-11)15(18)19/h7-9H,4,6H2,1-2H3. The number of nitrogens with zero attached hydrogens (tertiary/aromatic N) is 1. The Balaban J connectivity index is 2.93. The van der Waals surface area contributed by atoms with Crippen molar-refractivity contribution >= 4 is 28.5 Å². The van der Waals surface area contributed by atoms with E-state index in [4.69, 9.17) is 0 Å². The minimum Gasteiger partial charge on any atom is -0.465 e. The molecule has 21 heavy (non-hydrogen) atoms. The van der Waals surface area contributed by atoms with E-state index in [0.29, 0.717) is 17.7 Å². The highest BCUT2D eigenvalue weighted by atomic mass is 32.2. The summed E-state index contributed by atoms with van der Waals surface area (Å²) >= 11 is 1.16. The summed E-state index contributed by atoms with van der Waals surface area (Å²) in [6.45, 7) is 1.47. The van der Waals surface area contributed by atoms with Crippen LogP contribution in [-0.4, -0.2) is 28.9 Å². The van der Waals surface area contributed by atoms with Crippen LogP contribution < -0.4 is 0 Å². The maximum Gasteiger partial charge on any atom is 0.338 e. The number of hydrogen-bond acceptors (Lipinski definition) is 6. The number of non-ortho nitro benzene ring substituents is 1. The van der Waals surface area contributed by atoms with Crippen molar-refractivity contribution < 1.29 is 19.2 Å². The quantitative estimate of drug-likeness (QED) is 0.279. The average Bonchev–Trinajstić information content (AvgIpc) is 2.45. The Hall–Kier alpha value is -2.33. The highest BCUT2D eigenvalue weighted by Gasteiger charge is 2.14. The summed E-state index contributed by atoms with van der Waals surface area (Å²) in [5.41, 5.74) is 0.215. The molecule has 0 radical (unpaired) electrons. The molecule has 1 aromatic carbocycles. The average molecular weight is 307 g/mol. The molecule has 0 aliphatic heterocycles. The van der Waals surface area contributed by atoms with Crippen LogP contribution >= 0.6 is 11.8 Å². The normalized spacial score (nSPS) is 9.43. The number of nitro benzene ring substituents is 1. The molecule has 0 heterocycles. The van der Waals surface area contributed by atoms with Gasteiger partial charge >= 0.3 is 5.97 Å². The van der Waals surface area contributed by atoms with Crippen LogP contribution in [0, 0.1) is 22.0 Å². The third-order valence-corrected chi connectivity index (χ3v) is 3.13. The maximum atomic E-state index is 11.5. The molecule has 0 unspecified atom stereocenters. The van der Waals surface area contributed by atoms with Gasteiger partial charge in [0.15, 0.2) is 5.12 Å². The molecule has 0 saturated carbocycles. The molecule has 7 heteroatoms. The fourth-order valence-electron chi connectivity index (χ4n) is 1.43. The molecule has 0 N–H and O–H groups in total. The summed E-state index contributed by atoms with van der Waals surface area (Å²) < 4.78 is 4.54. The molecule has 0 saturated heterocycles. The molecule has 0 fully saturated rings. The third kappa shape index (κ3) is 5.67. The molecule has 0 aliphatic rings. The van der Waals surface area contributed by atoms with Gasteiger partial charge in [0.1, 0.15) is 0 Å². The van der Waals surface area contributed by atoms with Crippen molar-refractivity contribution in [2.24, 2.45) is 0 Å². The van der Waals surface area contributed by atoms with Gasteiger partial charge in [-0.25, -0.2) is 4.79 Å². The summed E-state index contributed by atoms with van der Waals surface area (Å²) in [5.74, 6) is 5.45. The van der Waals surface area contributed by atoms with Gasteiger partial charge in [0.05, 0.1) is 17.6 Å². The smallest absolute Gasteiger partial charge is 0.338 e. The first-order chi connectivity index (χ1) is 9.93. The number of carbonyl (C=O) groups is 2. The van der Waals surface area contributed by atoms with Crippen LogP contribution in [-0.2, 0) is 9.53 Å². The van der Waals surface area contributed by atoms with Gasteiger partial charge in [-0.3, -0.25) is 14.9 Å². The number of benzene rings is 1. The lowest BCUT2D eigenvalue weighted by Gasteiger charge is -2.00. The van der Waals surface area contributed by atoms with Crippen molar-refractivity contribution in [3.8, 4) is 11.8 Å². The fourth-order valence-corrected chi connectivity index (χ4v) is 1.93. The summed E-state index contributed by atoms with van der Waals surface area (Å²) in [6, 6.07) is 3.87. The van der Waals surface area contributed by atoms with Gasteiger partial charge in [-0.1, -0.05) is 23.6 Å². The first-order valence-corrected chi connectivity index (χ1v) is 6.92. The first-order valence-electron chi connectivity index (χ1n) is 5.94. The van der Waals surface area contributed by atoms with E-state index in [1.54, 1.807) is 0 Å². The zero-order valence-electron chi connectivity index (χ0n) is 11.5. The zero-order chi connectivity index (χ0) is 15.8. The molecule has 0 aromatic heterocycles. The van der Waals surface area contributed by atoms with Crippen molar-refractivity contribution in [2.75, 3.05) is 12.9 Å². The topological polar surface area (TPSA) is 86.5 Å². The second kappa shape index (κ2) is 8.07. The van der Waals surface area contributed by atoms with E-state index < -0.39 is 10.9 Å². The van der Waals surface area contributed by atoms with E-state index in [0.717, 1.165) is 17.8 Å². The Morgan fingerprint density at radius 1 is 1.38 bits per heavy atom. The van der Waals surface area contributed by atoms with Crippen molar-refractivity contribution in [1.82, 2.24) is 0 Å². The van der Waals surface area contributed by atoms with E-state index in [2.05, 4.69) is 16.6 Å². The van der Waals surface area contributed by atoms with Crippen LogP contribution in [0.25, 0.3) is 0 Å². The number of esters is 1. The first kappa shape index (κ1) is 16.7. The van der Waals surface area contributed by atoms with Crippen molar-refractivity contribution in [2.45, 2.75) is 13.3 Å². The lowest BCUT2D eigenvalue weighted by atomic mass is 10.1. The predicted molar refractivity (Wildman–Crippen MR) is 79.1 cm³/mol. The van der Waals surface area contributed by atoms with Crippen LogP contribution in [0.2, 0.25) is 0 Å². The van der Waals surface area contributed by atoms with Gasteiger partial charge in [-0.2, -0.15) is 0 Å². The van der Waals surface area contributed by atoms with Gasteiger partial charge in [-0.05, 0) is 6.07 Å². The van der Waals surface area contributed by atoms with Gasteiger partial charge in [0.2, 0.25) is 0 Å². The minimum atomic E-state index is -0.658. The number of carbonyl (C=O) groups excluding carboxylic acids is 2. The molecule has 110 valence electrons. The van der Waals surface area contributed by atoms with Crippen LogP contribution in [0.1, 0.15) is 29.3 Å². The highest BCUT2D eigenvalue weighted by molar-refractivity contribution is 8.13. The van der Waals surface area contributed by atoms with Gasteiger partial charge in [0, 0.05) is 36.8 Å². The molecule has 0 spiro atoms. The van der Waals surface area contributed by atoms with Crippen LogP contribution in [0.3, 0.4) is 0 Å². The Morgan fingerprint density at radius 3 is 2.67 bits per heavy atom. The molecule has 1 rings (SSSR count). The Bertz CT molecular complexity index is 630. The number of hydrogen-bond donors (Lipinski definition) is 0. The van der Waals surface area contributed by atoms with Crippen LogP contribution in [0.4, 0.5) is 5.69 Å². The van der Waals surface area contributed by atoms with Gasteiger partial charge in [0.25, 0.3) is 5.69 Å². The monoisotopic (exact) mass is 307 g/mol. The largest absolute Gasteiger partial charge is 0.465 e. The Kier molecular flexibility index (Phi) is 6.43. The summed E-state index contributed by atoms with van der Waals surface area (Å²) in [6.07, 6.45) is 0.473. The van der Waals surface area contributed by atoms with E-state index >= 15 is 0 Å². The van der Waals surface area contributed by atoms with Gasteiger partial charge < -0.3 is 4.74 Å². The minimum absolute atomic E-state index is 0.0140. The molecule has 0 amide bonds. The number of ether oxygens (including phenoxy) is 1. The van der Waals surface area contributed by atoms with Crippen molar-refractivity contribution in [3.05, 3.63) is 39.4 Å². The number of rotatable bonds is 4. The molecular weight excluding hydrogens is 294 g/mol. The van der Waals surface area contributed by atoms with E-state index in [1.165, 1.54) is 26.2 Å². The highest BCUT2D eigenvalue weighted by Crippen LogP contribution is 2.17. The molecule has 6 nitrogen and oxygen atoms in total. The number of nitro groups is 1. The molecule has 0 aliphatic carbocycles. The van der Waals surface area contributed by atoms with E-state index in [-0.39, 0.29) is 16.4 Å². The van der Waals surface area contributed by atoms with Crippen LogP contribution in [0.15, 0.2) is 18.2 Å². The zero-order valence-corrected chi connectivity index (χ0v) is 12.4. The Labute approximate surface area is 126 Å². The molecule has 0 bridgehead atoms.